The van der Waals surface area contributed by atoms with Crippen molar-refractivity contribution in [3.63, 3.8) is 0 Å². The van der Waals surface area contributed by atoms with Crippen LogP contribution in [0.5, 0.6) is 0 Å². The molecule has 2 saturated heterocycles. The Morgan fingerprint density at radius 1 is 1.42 bits per heavy atom. The van der Waals surface area contributed by atoms with Crippen molar-refractivity contribution < 1.29 is 9.53 Å². The van der Waals surface area contributed by atoms with Gasteiger partial charge in [0.2, 0.25) is 5.91 Å². The highest BCUT2D eigenvalue weighted by atomic mass is 35.5. The molecule has 0 aromatic carbocycles. The maximum atomic E-state index is 12.0. The molecule has 0 aromatic heterocycles. The molecule has 1 N–H and O–H groups in total. The molecule has 2 rings (SSSR count). The van der Waals surface area contributed by atoms with Gasteiger partial charge in [0.15, 0.2) is 0 Å². The van der Waals surface area contributed by atoms with Crippen molar-refractivity contribution in [2.75, 3.05) is 59.5 Å². The van der Waals surface area contributed by atoms with Gasteiger partial charge in [-0.25, -0.2) is 0 Å². The number of rotatable bonds is 5. The molecular formula is C13H26ClN3O2. The van der Waals surface area contributed by atoms with Crippen molar-refractivity contribution in [1.82, 2.24) is 15.1 Å². The van der Waals surface area contributed by atoms with E-state index in [1.807, 2.05) is 11.9 Å². The first-order chi connectivity index (χ1) is 8.75. The fourth-order valence-electron chi connectivity index (χ4n) is 2.54. The maximum Gasteiger partial charge on any atom is 0.236 e. The Labute approximate surface area is 122 Å². The van der Waals surface area contributed by atoms with Crippen molar-refractivity contribution in [3.8, 4) is 0 Å². The number of hydrogen-bond acceptors (Lipinski definition) is 4. The standard InChI is InChI=1S/C13H25N3O2.ClH/c1-15(6-2-12-3-9-18-11-12)10-13(17)16-7-4-14-5-8-16;/h12,14H,2-11H2,1H3;1H. The van der Waals surface area contributed by atoms with Gasteiger partial charge in [0, 0.05) is 39.4 Å². The summed E-state index contributed by atoms with van der Waals surface area (Å²) in [6.07, 6.45) is 2.32. The lowest BCUT2D eigenvalue weighted by molar-refractivity contribution is -0.132. The number of amides is 1. The largest absolute Gasteiger partial charge is 0.381 e. The zero-order valence-corrected chi connectivity index (χ0v) is 12.6. The molecule has 1 atom stereocenters. The van der Waals surface area contributed by atoms with E-state index in [4.69, 9.17) is 4.74 Å². The van der Waals surface area contributed by atoms with E-state index < -0.39 is 0 Å². The molecule has 1 unspecified atom stereocenters. The number of nitrogens with one attached hydrogen (secondary N) is 1. The second-order valence-corrected chi connectivity index (χ2v) is 5.39. The molecule has 2 heterocycles. The molecule has 19 heavy (non-hydrogen) atoms. The lowest BCUT2D eigenvalue weighted by atomic mass is 10.1. The fourth-order valence-corrected chi connectivity index (χ4v) is 2.54. The van der Waals surface area contributed by atoms with Gasteiger partial charge in [0.25, 0.3) is 0 Å². The van der Waals surface area contributed by atoms with Gasteiger partial charge in [0.05, 0.1) is 6.54 Å². The number of nitrogens with zero attached hydrogens (tertiary/aromatic N) is 2. The van der Waals surface area contributed by atoms with E-state index in [0.29, 0.717) is 12.5 Å². The number of ether oxygens (including phenoxy) is 1. The van der Waals surface area contributed by atoms with Gasteiger partial charge in [-0.3, -0.25) is 9.69 Å². The first kappa shape index (κ1) is 16.7. The predicted molar refractivity (Wildman–Crippen MR) is 77.7 cm³/mol. The molecule has 0 aromatic rings. The van der Waals surface area contributed by atoms with Crippen LogP contribution in [0.2, 0.25) is 0 Å². The van der Waals surface area contributed by atoms with Crippen LogP contribution in [0.3, 0.4) is 0 Å². The van der Waals surface area contributed by atoms with Crippen molar-refractivity contribution in [1.29, 1.82) is 0 Å². The summed E-state index contributed by atoms with van der Waals surface area (Å²) in [6.45, 7) is 6.91. The highest BCUT2D eigenvalue weighted by Crippen LogP contribution is 2.16. The van der Waals surface area contributed by atoms with E-state index in [-0.39, 0.29) is 18.3 Å². The minimum atomic E-state index is 0. The molecule has 112 valence electrons. The first-order valence-corrected chi connectivity index (χ1v) is 7.00. The average Bonchev–Trinajstić information content (AvgIpc) is 2.90. The van der Waals surface area contributed by atoms with Crippen LogP contribution in [0.4, 0.5) is 0 Å². The van der Waals surface area contributed by atoms with Crippen molar-refractivity contribution in [2.24, 2.45) is 5.92 Å². The highest BCUT2D eigenvalue weighted by Gasteiger charge is 2.19. The monoisotopic (exact) mass is 291 g/mol. The second kappa shape index (κ2) is 8.74. The minimum absolute atomic E-state index is 0. The lowest BCUT2D eigenvalue weighted by Crippen LogP contribution is -2.49. The SMILES string of the molecule is CN(CCC1CCOC1)CC(=O)N1CCNCC1.Cl. The predicted octanol–water partition coefficient (Wildman–Crippen LogP) is 0.198. The fraction of sp³-hybridized carbons (Fsp3) is 0.923. The van der Waals surface area contributed by atoms with Crippen LogP contribution in [0.1, 0.15) is 12.8 Å². The molecule has 2 fully saturated rings. The van der Waals surface area contributed by atoms with Crippen LogP contribution in [0, 0.1) is 5.92 Å². The smallest absolute Gasteiger partial charge is 0.236 e. The summed E-state index contributed by atoms with van der Waals surface area (Å²) < 4.78 is 5.37. The molecule has 0 saturated carbocycles. The van der Waals surface area contributed by atoms with Crippen LogP contribution >= 0.6 is 12.4 Å². The van der Waals surface area contributed by atoms with Crippen molar-refractivity contribution in [3.05, 3.63) is 0 Å². The number of likely N-dealkylation sites (N-methyl/N-ethyl adjacent to an activating group) is 1. The van der Waals surface area contributed by atoms with Gasteiger partial charge in [-0.1, -0.05) is 0 Å². The number of piperazine rings is 1. The molecule has 5 nitrogen and oxygen atoms in total. The topological polar surface area (TPSA) is 44.8 Å². The Balaban J connectivity index is 0.00000180. The minimum Gasteiger partial charge on any atom is -0.381 e. The zero-order chi connectivity index (χ0) is 12.8. The Hall–Kier alpha value is -0.360. The summed E-state index contributed by atoms with van der Waals surface area (Å²) >= 11 is 0. The first-order valence-electron chi connectivity index (χ1n) is 7.00. The van der Waals surface area contributed by atoms with Crippen molar-refractivity contribution in [2.45, 2.75) is 12.8 Å². The zero-order valence-electron chi connectivity index (χ0n) is 11.8. The quantitative estimate of drug-likeness (QED) is 0.786. The normalized spacial score (nSPS) is 23.5. The van der Waals surface area contributed by atoms with E-state index in [1.54, 1.807) is 0 Å². The molecule has 2 aliphatic rings. The van der Waals surface area contributed by atoms with E-state index >= 15 is 0 Å². The van der Waals surface area contributed by atoms with E-state index in [0.717, 1.165) is 52.4 Å². The van der Waals surface area contributed by atoms with Gasteiger partial charge in [0.1, 0.15) is 0 Å². The average molecular weight is 292 g/mol. The molecule has 1 amide bonds. The van der Waals surface area contributed by atoms with E-state index in [9.17, 15) is 4.79 Å². The van der Waals surface area contributed by atoms with Gasteiger partial charge in [-0.05, 0) is 32.4 Å². The number of hydrogen-bond donors (Lipinski definition) is 1. The van der Waals surface area contributed by atoms with Gasteiger partial charge in [-0.15, -0.1) is 12.4 Å². The third-order valence-corrected chi connectivity index (χ3v) is 3.82. The molecule has 6 heteroatoms. The summed E-state index contributed by atoms with van der Waals surface area (Å²) in [5, 5.41) is 3.26. The number of carbonyl (C=O) groups is 1. The van der Waals surface area contributed by atoms with Crippen LogP contribution in [-0.4, -0.2) is 75.2 Å². The summed E-state index contributed by atoms with van der Waals surface area (Å²) in [5.74, 6) is 0.961. The Morgan fingerprint density at radius 2 is 2.16 bits per heavy atom. The maximum absolute atomic E-state index is 12.0. The van der Waals surface area contributed by atoms with E-state index in [2.05, 4.69) is 10.2 Å². The molecule has 0 radical (unpaired) electrons. The van der Waals surface area contributed by atoms with Gasteiger partial charge >= 0.3 is 0 Å². The molecule has 2 aliphatic heterocycles. The third kappa shape index (κ3) is 5.65. The number of carbonyl (C=O) groups excluding carboxylic acids is 1. The summed E-state index contributed by atoms with van der Waals surface area (Å²) in [7, 11) is 2.04. The van der Waals surface area contributed by atoms with Crippen LogP contribution in [0.15, 0.2) is 0 Å². The summed E-state index contributed by atoms with van der Waals surface area (Å²) in [5.41, 5.74) is 0. The summed E-state index contributed by atoms with van der Waals surface area (Å²) in [6, 6.07) is 0. The van der Waals surface area contributed by atoms with Crippen molar-refractivity contribution >= 4 is 18.3 Å². The van der Waals surface area contributed by atoms with Gasteiger partial charge < -0.3 is 15.0 Å². The van der Waals surface area contributed by atoms with Crippen LogP contribution in [0.25, 0.3) is 0 Å². The lowest BCUT2D eigenvalue weighted by Gasteiger charge is -2.29. The van der Waals surface area contributed by atoms with Crippen LogP contribution in [-0.2, 0) is 9.53 Å². The van der Waals surface area contributed by atoms with E-state index in [1.165, 1.54) is 6.42 Å². The molecule has 0 bridgehead atoms. The molecule has 0 aliphatic carbocycles. The molecular weight excluding hydrogens is 266 g/mol. The summed E-state index contributed by atoms with van der Waals surface area (Å²) in [4.78, 5) is 16.1. The van der Waals surface area contributed by atoms with Crippen LogP contribution < -0.4 is 5.32 Å². The second-order valence-electron chi connectivity index (χ2n) is 5.39. The number of halogens is 1. The highest BCUT2D eigenvalue weighted by molar-refractivity contribution is 5.85. The Bertz CT molecular complexity index is 267. The Kier molecular flexibility index (Phi) is 7.68. The third-order valence-electron chi connectivity index (χ3n) is 3.82. The molecule has 0 spiro atoms. The van der Waals surface area contributed by atoms with Gasteiger partial charge in [-0.2, -0.15) is 0 Å². The Morgan fingerprint density at radius 3 is 2.79 bits per heavy atom.